The normalized spacial score (nSPS) is 17.4. The SMILES string of the molecule is O=C(CCC1CCN(Cc2ccccc2C(F)(F)F)CC1)c1ccc2c(c1)CN(Cc1ccc(F)cc1)CCC2. The zero-order chi connectivity index (χ0) is 28.1. The molecule has 5 rings (SSSR count). The van der Waals surface area contributed by atoms with E-state index in [1.54, 1.807) is 12.1 Å². The zero-order valence-corrected chi connectivity index (χ0v) is 22.7. The Hall–Kier alpha value is -3.03. The number of benzene rings is 3. The van der Waals surface area contributed by atoms with E-state index < -0.39 is 11.7 Å². The quantitative estimate of drug-likeness (QED) is 0.212. The maximum absolute atomic E-state index is 13.3. The van der Waals surface area contributed by atoms with Crippen LogP contribution < -0.4 is 0 Å². The number of halogens is 4. The first-order valence-corrected chi connectivity index (χ1v) is 14.2. The smallest absolute Gasteiger partial charge is 0.299 e. The maximum Gasteiger partial charge on any atom is 0.416 e. The molecular formula is C33H36F4N2O. The van der Waals surface area contributed by atoms with Gasteiger partial charge in [0.05, 0.1) is 5.56 Å². The molecule has 1 fully saturated rings. The van der Waals surface area contributed by atoms with Crippen LogP contribution in [0.2, 0.25) is 0 Å². The highest BCUT2D eigenvalue weighted by Gasteiger charge is 2.33. The Morgan fingerprint density at radius 1 is 0.850 bits per heavy atom. The van der Waals surface area contributed by atoms with E-state index in [-0.39, 0.29) is 11.6 Å². The van der Waals surface area contributed by atoms with Gasteiger partial charge in [0, 0.05) is 31.6 Å². The lowest BCUT2D eigenvalue weighted by Gasteiger charge is -2.32. The molecule has 0 saturated carbocycles. The van der Waals surface area contributed by atoms with E-state index in [1.165, 1.54) is 29.3 Å². The summed E-state index contributed by atoms with van der Waals surface area (Å²) in [7, 11) is 0. The van der Waals surface area contributed by atoms with E-state index in [9.17, 15) is 22.4 Å². The van der Waals surface area contributed by atoms with Crippen LogP contribution in [0.1, 0.15) is 70.3 Å². The topological polar surface area (TPSA) is 23.6 Å². The fourth-order valence-corrected chi connectivity index (χ4v) is 6.07. The molecule has 0 spiro atoms. The highest BCUT2D eigenvalue weighted by Crippen LogP contribution is 2.33. The van der Waals surface area contributed by atoms with Gasteiger partial charge < -0.3 is 0 Å². The fraction of sp³-hybridized carbons (Fsp3) is 0.424. The van der Waals surface area contributed by atoms with Crippen molar-refractivity contribution in [2.45, 2.75) is 64.3 Å². The number of aryl methyl sites for hydroxylation is 1. The summed E-state index contributed by atoms with van der Waals surface area (Å²) < 4.78 is 53.3. The Morgan fingerprint density at radius 3 is 2.35 bits per heavy atom. The summed E-state index contributed by atoms with van der Waals surface area (Å²) in [5.41, 5.74) is 4.08. The molecule has 2 heterocycles. The van der Waals surface area contributed by atoms with Gasteiger partial charge in [0.1, 0.15) is 5.82 Å². The van der Waals surface area contributed by atoms with Crippen LogP contribution in [0.3, 0.4) is 0 Å². The lowest BCUT2D eigenvalue weighted by molar-refractivity contribution is -0.138. The second kappa shape index (κ2) is 12.6. The average molecular weight is 553 g/mol. The number of Topliss-reactive ketones (excluding diaryl/α,β-unsaturated/α-hetero) is 1. The minimum Gasteiger partial charge on any atom is -0.299 e. The number of carbonyl (C=O) groups is 1. The number of likely N-dealkylation sites (tertiary alicyclic amines) is 1. The van der Waals surface area contributed by atoms with E-state index in [0.29, 0.717) is 24.4 Å². The number of hydrogen-bond donors (Lipinski definition) is 0. The summed E-state index contributed by atoms with van der Waals surface area (Å²) in [5, 5.41) is 0. The number of fused-ring (bicyclic) bond motifs is 1. The van der Waals surface area contributed by atoms with Crippen molar-refractivity contribution in [1.82, 2.24) is 9.80 Å². The van der Waals surface area contributed by atoms with Crippen molar-refractivity contribution < 1.29 is 22.4 Å². The Labute approximate surface area is 233 Å². The molecule has 7 heteroatoms. The van der Waals surface area contributed by atoms with Crippen LogP contribution in [-0.4, -0.2) is 35.2 Å². The molecule has 3 nitrogen and oxygen atoms in total. The number of hydrogen-bond acceptors (Lipinski definition) is 3. The van der Waals surface area contributed by atoms with Gasteiger partial charge in [0.15, 0.2) is 5.78 Å². The second-order valence-electron chi connectivity index (χ2n) is 11.3. The number of alkyl halides is 3. The molecule has 0 atom stereocenters. The minimum atomic E-state index is -4.34. The summed E-state index contributed by atoms with van der Waals surface area (Å²) in [4.78, 5) is 17.6. The van der Waals surface area contributed by atoms with Crippen molar-refractivity contribution in [2.24, 2.45) is 5.92 Å². The summed E-state index contributed by atoms with van der Waals surface area (Å²) in [6.07, 6.45) is 0.761. The van der Waals surface area contributed by atoms with Crippen molar-refractivity contribution in [3.8, 4) is 0 Å². The molecule has 3 aromatic carbocycles. The van der Waals surface area contributed by atoms with E-state index in [4.69, 9.17) is 0 Å². The number of nitrogens with zero attached hydrogens (tertiary/aromatic N) is 2. The molecule has 1 saturated heterocycles. The van der Waals surface area contributed by atoms with Crippen LogP contribution in [-0.2, 0) is 32.2 Å². The Balaban J connectivity index is 1.12. The van der Waals surface area contributed by atoms with E-state index >= 15 is 0 Å². The fourth-order valence-electron chi connectivity index (χ4n) is 6.07. The van der Waals surface area contributed by atoms with Gasteiger partial charge in [-0.2, -0.15) is 13.2 Å². The van der Waals surface area contributed by atoms with Gasteiger partial charge >= 0.3 is 6.18 Å². The molecule has 40 heavy (non-hydrogen) atoms. The summed E-state index contributed by atoms with van der Waals surface area (Å²) in [6.45, 7) is 4.26. The van der Waals surface area contributed by atoms with E-state index in [2.05, 4.69) is 21.9 Å². The monoisotopic (exact) mass is 552 g/mol. The molecule has 0 radical (unpaired) electrons. The molecule has 0 aromatic heterocycles. The Morgan fingerprint density at radius 2 is 1.60 bits per heavy atom. The van der Waals surface area contributed by atoms with E-state index in [0.717, 1.165) is 82.0 Å². The van der Waals surface area contributed by atoms with Gasteiger partial charge in [0.25, 0.3) is 0 Å². The average Bonchev–Trinajstić information content (AvgIpc) is 3.14. The highest BCUT2D eigenvalue weighted by molar-refractivity contribution is 5.96. The molecule has 3 aromatic rings. The molecule has 0 aliphatic carbocycles. The molecule has 0 unspecified atom stereocenters. The molecular weight excluding hydrogens is 516 g/mol. The third kappa shape index (κ3) is 7.38. The molecule has 0 N–H and O–H groups in total. The third-order valence-electron chi connectivity index (χ3n) is 8.37. The predicted octanol–water partition coefficient (Wildman–Crippen LogP) is 7.67. The zero-order valence-electron chi connectivity index (χ0n) is 22.7. The van der Waals surface area contributed by atoms with Crippen LogP contribution in [0.5, 0.6) is 0 Å². The maximum atomic E-state index is 13.3. The third-order valence-corrected chi connectivity index (χ3v) is 8.37. The first kappa shape index (κ1) is 28.5. The first-order valence-electron chi connectivity index (χ1n) is 14.2. The second-order valence-corrected chi connectivity index (χ2v) is 11.3. The van der Waals surface area contributed by atoms with Crippen LogP contribution in [0.4, 0.5) is 17.6 Å². The minimum absolute atomic E-state index is 0.152. The van der Waals surface area contributed by atoms with Crippen LogP contribution in [0.15, 0.2) is 66.7 Å². The molecule has 0 amide bonds. The predicted molar refractivity (Wildman–Crippen MR) is 148 cm³/mol. The van der Waals surface area contributed by atoms with Crippen molar-refractivity contribution in [3.05, 3.63) is 106 Å². The van der Waals surface area contributed by atoms with Crippen LogP contribution in [0.25, 0.3) is 0 Å². The molecule has 2 aliphatic heterocycles. The number of rotatable bonds is 8. The van der Waals surface area contributed by atoms with Crippen molar-refractivity contribution in [2.75, 3.05) is 19.6 Å². The van der Waals surface area contributed by atoms with Gasteiger partial charge in [-0.1, -0.05) is 42.5 Å². The summed E-state index contributed by atoms with van der Waals surface area (Å²) in [5.74, 6) is 0.328. The molecule has 0 bridgehead atoms. The molecule has 212 valence electrons. The van der Waals surface area contributed by atoms with Crippen LogP contribution in [0, 0.1) is 11.7 Å². The molecule has 2 aliphatic rings. The number of ketones is 1. The van der Waals surface area contributed by atoms with E-state index in [1.807, 2.05) is 18.2 Å². The van der Waals surface area contributed by atoms with Gasteiger partial charge in [-0.05, 0) is 104 Å². The lowest BCUT2D eigenvalue weighted by Crippen LogP contribution is -2.34. The highest BCUT2D eigenvalue weighted by atomic mass is 19.4. The number of carbonyl (C=O) groups excluding carboxylic acids is 1. The first-order chi connectivity index (χ1) is 19.2. The summed E-state index contributed by atoms with van der Waals surface area (Å²) in [6, 6.07) is 18.6. The van der Waals surface area contributed by atoms with Crippen LogP contribution >= 0.6 is 0 Å². The van der Waals surface area contributed by atoms with Crippen molar-refractivity contribution >= 4 is 5.78 Å². The number of piperidine rings is 1. The van der Waals surface area contributed by atoms with Gasteiger partial charge in [-0.25, -0.2) is 4.39 Å². The van der Waals surface area contributed by atoms with Gasteiger partial charge in [-0.15, -0.1) is 0 Å². The van der Waals surface area contributed by atoms with Crippen molar-refractivity contribution in [1.29, 1.82) is 0 Å². The standard InChI is InChI=1S/C33H36F4N2O/c34-30-12-7-25(8-13-30)21-39-17-3-5-26-10-11-27(20-29(26)23-39)32(40)14-9-24-15-18-38(19-16-24)22-28-4-1-2-6-31(28)33(35,36)37/h1-2,4,6-8,10-13,20,24H,3,5,9,14-19,21-23H2. The lowest BCUT2D eigenvalue weighted by atomic mass is 9.89. The summed E-state index contributed by atoms with van der Waals surface area (Å²) >= 11 is 0. The Bertz CT molecular complexity index is 1300. The van der Waals surface area contributed by atoms with Gasteiger partial charge in [-0.3, -0.25) is 14.6 Å². The van der Waals surface area contributed by atoms with Crippen molar-refractivity contribution in [3.63, 3.8) is 0 Å². The van der Waals surface area contributed by atoms with Gasteiger partial charge in [0.2, 0.25) is 0 Å². The Kier molecular flexibility index (Phi) is 9.01. The largest absolute Gasteiger partial charge is 0.416 e.